The molecular formula is C25H26O3. The number of carbonyl (C=O) groups is 1. The number of hydrogen-bond donors (Lipinski definition) is 0. The molecule has 0 bridgehead atoms. The third-order valence-electron chi connectivity index (χ3n) is 5.21. The number of ether oxygens (including phenoxy) is 2. The highest BCUT2D eigenvalue weighted by molar-refractivity contribution is 5.89. The van der Waals surface area contributed by atoms with Crippen molar-refractivity contribution < 1.29 is 14.3 Å². The van der Waals surface area contributed by atoms with Gasteiger partial charge in [-0.1, -0.05) is 54.6 Å². The third-order valence-corrected chi connectivity index (χ3v) is 5.21. The molecule has 3 aromatic rings. The Morgan fingerprint density at radius 1 is 0.679 bits per heavy atom. The van der Waals surface area contributed by atoms with Gasteiger partial charge >= 0.3 is 5.97 Å². The molecule has 3 aromatic carbocycles. The highest BCUT2D eigenvalue weighted by atomic mass is 16.6. The Balaban J connectivity index is 2.31. The van der Waals surface area contributed by atoms with Crippen molar-refractivity contribution >= 4 is 5.97 Å². The first-order valence-corrected chi connectivity index (χ1v) is 9.37. The van der Waals surface area contributed by atoms with E-state index >= 15 is 0 Å². The fourth-order valence-electron chi connectivity index (χ4n) is 4.02. The van der Waals surface area contributed by atoms with Crippen LogP contribution >= 0.6 is 0 Å². The zero-order valence-electron chi connectivity index (χ0n) is 17.1. The summed E-state index contributed by atoms with van der Waals surface area (Å²) in [5, 5.41) is 0. The molecule has 0 saturated carbocycles. The lowest BCUT2D eigenvalue weighted by Crippen LogP contribution is -2.44. The van der Waals surface area contributed by atoms with Gasteiger partial charge in [0.1, 0.15) is 5.75 Å². The maximum atomic E-state index is 13.7. The molecule has 0 aromatic heterocycles. The molecule has 0 aliphatic rings. The van der Waals surface area contributed by atoms with E-state index in [1.807, 2.05) is 82.3 Å². The lowest BCUT2D eigenvalue weighted by molar-refractivity contribution is -0.155. The van der Waals surface area contributed by atoms with Gasteiger partial charge in [0.05, 0.1) is 0 Å². The van der Waals surface area contributed by atoms with Gasteiger partial charge in [-0.3, -0.25) is 0 Å². The van der Waals surface area contributed by atoms with E-state index in [0.717, 1.165) is 33.4 Å². The summed E-state index contributed by atoms with van der Waals surface area (Å²) < 4.78 is 11.9. The molecule has 3 rings (SSSR count). The molecule has 3 nitrogen and oxygen atoms in total. The van der Waals surface area contributed by atoms with Gasteiger partial charge in [-0.25, -0.2) is 4.79 Å². The van der Waals surface area contributed by atoms with Gasteiger partial charge in [0.15, 0.2) is 0 Å². The smallest absolute Gasteiger partial charge is 0.353 e. The third kappa shape index (κ3) is 3.34. The molecule has 144 valence electrons. The summed E-state index contributed by atoms with van der Waals surface area (Å²) in [5.41, 5.74) is 4.22. The van der Waals surface area contributed by atoms with E-state index in [4.69, 9.17) is 9.47 Å². The van der Waals surface area contributed by atoms with Crippen molar-refractivity contribution in [2.24, 2.45) is 0 Å². The van der Waals surface area contributed by atoms with Gasteiger partial charge < -0.3 is 9.47 Å². The molecule has 0 fully saturated rings. The van der Waals surface area contributed by atoms with Crippen LogP contribution in [0.5, 0.6) is 5.75 Å². The summed E-state index contributed by atoms with van der Waals surface area (Å²) in [4.78, 5) is 13.7. The fourth-order valence-corrected chi connectivity index (χ4v) is 4.02. The summed E-state index contributed by atoms with van der Waals surface area (Å²) in [6.45, 7) is 8.00. The van der Waals surface area contributed by atoms with Crippen LogP contribution in [0.1, 0.15) is 33.4 Å². The molecular weight excluding hydrogens is 348 g/mol. The van der Waals surface area contributed by atoms with Crippen LogP contribution in [0.4, 0.5) is 0 Å². The standard InChI is InChI=1S/C25H26O3/c1-17-11-9-12-18(2)22(17)25(27-5,23-19(3)13-10-14-20(23)4)24(26)28-21-15-7-6-8-16-21/h6-16H,1-5H3. The molecule has 0 saturated heterocycles. The van der Waals surface area contributed by atoms with Gasteiger partial charge in [-0.05, 0) is 62.1 Å². The molecule has 0 N–H and O–H groups in total. The Hall–Kier alpha value is -2.91. The molecule has 3 heteroatoms. The molecule has 0 unspecified atom stereocenters. The van der Waals surface area contributed by atoms with E-state index in [-0.39, 0.29) is 0 Å². The highest BCUT2D eigenvalue weighted by Gasteiger charge is 2.48. The van der Waals surface area contributed by atoms with Crippen LogP contribution < -0.4 is 4.74 Å². The second kappa shape index (κ2) is 7.99. The van der Waals surface area contributed by atoms with Gasteiger partial charge in [-0.2, -0.15) is 0 Å². The van der Waals surface area contributed by atoms with Crippen LogP contribution in [0.2, 0.25) is 0 Å². The van der Waals surface area contributed by atoms with Crippen LogP contribution in [0.25, 0.3) is 0 Å². The van der Waals surface area contributed by atoms with Crippen molar-refractivity contribution in [3.05, 3.63) is 100 Å². The summed E-state index contributed by atoms with van der Waals surface area (Å²) in [7, 11) is 1.57. The molecule has 0 aliphatic carbocycles. The Kier molecular flexibility index (Phi) is 5.66. The first kappa shape index (κ1) is 19.8. The van der Waals surface area contributed by atoms with E-state index in [1.165, 1.54) is 0 Å². The number of esters is 1. The van der Waals surface area contributed by atoms with Crippen molar-refractivity contribution in [1.82, 2.24) is 0 Å². The highest BCUT2D eigenvalue weighted by Crippen LogP contribution is 2.41. The maximum absolute atomic E-state index is 13.7. The molecule has 0 heterocycles. The fraction of sp³-hybridized carbons (Fsp3) is 0.240. The second-order valence-electron chi connectivity index (χ2n) is 7.12. The van der Waals surface area contributed by atoms with Crippen molar-refractivity contribution in [1.29, 1.82) is 0 Å². The predicted molar refractivity (Wildman–Crippen MR) is 112 cm³/mol. The summed E-state index contributed by atoms with van der Waals surface area (Å²) in [6, 6.07) is 21.1. The summed E-state index contributed by atoms with van der Waals surface area (Å²) in [6.07, 6.45) is 0. The maximum Gasteiger partial charge on any atom is 0.353 e. The number of carbonyl (C=O) groups excluding carboxylic acids is 1. The van der Waals surface area contributed by atoms with Crippen molar-refractivity contribution in [2.45, 2.75) is 33.3 Å². The van der Waals surface area contributed by atoms with Gasteiger partial charge in [0.2, 0.25) is 5.60 Å². The number of methoxy groups -OCH3 is 1. The quantitative estimate of drug-likeness (QED) is 0.442. The monoisotopic (exact) mass is 374 g/mol. The minimum Gasteiger partial charge on any atom is -0.424 e. The normalized spacial score (nSPS) is 11.3. The van der Waals surface area contributed by atoms with Crippen LogP contribution in [-0.4, -0.2) is 13.1 Å². The van der Waals surface area contributed by atoms with Gasteiger partial charge in [0.25, 0.3) is 0 Å². The van der Waals surface area contributed by atoms with E-state index in [1.54, 1.807) is 19.2 Å². The number of aryl methyl sites for hydroxylation is 4. The van der Waals surface area contributed by atoms with Crippen molar-refractivity contribution in [3.63, 3.8) is 0 Å². The Morgan fingerprint density at radius 2 is 1.11 bits per heavy atom. The van der Waals surface area contributed by atoms with Crippen LogP contribution in [0.15, 0.2) is 66.7 Å². The van der Waals surface area contributed by atoms with E-state index < -0.39 is 11.6 Å². The van der Waals surface area contributed by atoms with Crippen LogP contribution in [0, 0.1) is 27.7 Å². The number of para-hydroxylation sites is 1. The Morgan fingerprint density at radius 3 is 1.50 bits per heavy atom. The molecule has 0 radical (unpaired) electrons. The van der Waals surface area contributed by atoms with Gasteiger partial charge in [0, 0.05) is 18.2 Å². The molecule has 0 atom stereocenters. The first-order valence-electron chi connectivity index (χ1n) is 9.37. The summed E-state index contributed by atoms with van der Waals surface area (Å²) in [5.74, 6) is 0.0439. The van der Waals surface area contributed by atoms with Gasteiger partial charge in [-0.15, -0.1) is 0 Å². The second-order valence-corrected chi connectivity index (χ2v) is 7.12. The minimum atomic E-state index is -1.36. The lowest BCUT2D eigenvalue weighted by Gasteiger charge is -2.35. The molecule has 0 amide bonds. The van der Waals surface area contributed by atoms with Crippen LogP contribution in [0.3, 0.4) is 0 Å². The topological polar surface area (TPSA) is 35.5 Å². The average Bonchev–Trinajstić information content (AvgIpc) is 2.67. The molecule has 0 spiro atoms. The lowest BCUT2D eigenvalue weighted by atomic mass is 9.77. The van der Waals surface area contributed by atoms with Crippen LogP contribution in [-0.2, 0) is 15.1 Å². The zero-order chi connectivity index (χ0) is 20.3. The predicted octanol–water partition coefficient (Wildman–Crippen LogP) is 5.42. The number of hydrogen-bond acceptors (Lipinski definition) is 3. The summed E-state index contributed by atoms with van der Waals surface area (Å²) >= 11 is 0. The zero-order valence-corrected chi connectivity index (χ0v) is 17.1. The van der Waals surface area contributed by atoms with E-state index in [9.17, 15) is 4.79 Å². The minimum absolute atomic E-state index is 0.448. The van der Waals surface area contributed by atoms with Crippen molar-refractivity contribution in [2.75, 3.05) is 7.11 Å². The largest absolute Gasteiger partial charge is 0.424 e. The first-order chi connectivity index (χ1) is 13.4. The van der Waals surface area contributed by atoms with Crippen molar-refractivity contribution in [3.8, 4) is 5.75 Å². The number of benzene rings is 3. The van der Waals surface area contributed by atoms with E-state index in [0.29, 0.717) is 5.75 Å². The number of rotatable bonds is 5. The Labute approximate surface area is 166 Å². The van der Waals surface area contributed by atoms with E-state index in [2.05, 4.69) is 0 Å². The molecule has 0 aliphatic heterocycles. The Bertz CT molecular complexity index is 898. The SMILES string of the molecule is COC(C(=O)Oc1ccccc1)(c1c(C)cccc1C)c1c(C)cccc1C. The average molecular weight is 374 g/mol. The molecule has 28 heavy (non-hydrogen) atoms.